The highest BCUT2D eigenvalue weighted by molar-refractivity contribution is 5.52. The van der Waals surface area contributed by atoms with Gasteiger partial charge in [0.2, 0.25) is 0 Å². The van der Waals surface area contributed by atoms with E-state index in [-0.39, 0.29) is 0 Å². The van der Waals surface area contributed by atoms with Crippen molar-refractivity contribution in [2.45, 2.75) is 38.6 Å². The Balaban J connectivity index is 1.96. The maximum atomic E-state index is 5.73. The molecule has 0 radical (unpaired) electrons. The van der Waals surface area contributed by atoms with E-state index < -0.39 is 0 Å². The number of fused-ring (bicyclic) bond motifs is 2. The van der Waals surface area contributed by atoms with E-state index in [0.29, 0.717) is 6.54 Å². The first kappa shape index (κ1) is 11.1. The lowest BCUT2D eigenvalue weighted by Crippen LogP contribution is -2.34. The minimum Gasteiger partial charge on any atom is -0.353 e. The first-order valence-corrected chi connectivity index (χ1v) is 6.70. The first-order valence-electron chi connectivity index (χ1n) is 6.70. The molecule has 0 aromatic carbocycles. The van der Waals surface area contributed by atoms with Gasteiger partial charge in [-0.05, 0) is 45.1 Å². The summed E-state index contributed by atoms with van der Waals surface area (Å²) in [5.74, 6) is 2.25. The van der Waals surface area contributed by atoms with Crippen molar-refractivity contribution >= 4 is 5.82 Å². The van der Waals surface area contributed by atoms with Crippen LogP contribution in [-0.4, -0.2) is 28.9 Å². The fraction of sp³-hybridized carbons (Fsp3) is 0.769. The number of aryl methyl sites for hydroxylation is 2. The van der Waals surface area contributed by atoms with E-state index in [1.165, 1.54) is 37.2 Å². The molecule has 2 atom stereocenters. The third-order valence-electron chi connectivity index (χ3n) is 4.39. The summed E-state index contributed by atoms with van der Waals surface area (Å²) in [6.07, 6.45) is 5.11. The van der Waals surface area contributed by atoms with E-state index in [4.69, 9.17) is 5.73 Å². The van der Waals surface area contributed by atoms with Crippen LogP contribution in [0.1, 0.15) is 30.5 Å². The second kappa shape index (κ2) is 4.02. The molecule has 1 aromatic heterocycles. The van der Waals surface area contributed by atoms with Gasteiger partial charge in [0, 0.05) is 25.2 Å². The average molecular weight is 234 g/mol. The van der Waals surface area contributed by atoms with E-state index in [0.717, 1.165) is 24.1 Å². The number of anilines is 1. The van der Waals surface area contributed by atoms with Gasteiger partial charge >= 0.3 is 0 Å². The molecule has 3 rings (SSSR count). The predicted molar refractivity (Wildman–Crippen MR) is 69.2 cm³/mol. The molecule has 1 saturated carbocycles. The van der Waals surface area contributed by atoms with Gasteiger partial charge in [-0.15, -0.1) is 0 Å². The van der Waals surface area contributed by atoms with Crippen LogP contribution in [0.5, 0.6) is 0 Å². The smallest absolute Gasteiger partial charge is 0.130 e. The van der Waals surface area contributed by atoms with E-state index in [2.05, 4.69) is 28.7 Å². The van der Waals surface area contributed by atoms with Crippen molar-refractivity contribution in [1.82, 2.24) is 9.78 Å². The Morgan fingerprint density at radius 3 is 2.82 bits per heavy atom. The maximum Gasteiger partial charge on any atom is 0.130 e. The van der Waals surface area contributed by atoms with Crippen LogP contribution >= 0.6 is 0 Å². The lowest BCUT2D eigenvalue weighted by atomic mass is 10.1. The standard InChI is InChI=1S/C13H22N4/c1-9-12(5-6-14)13(16(2)15-9)17-8-10-3-4-11(17)7-10/h10-11H,3-8,14H2,1-2H3. The summed E-state index contributed by atoms with van der Waals surface area (Å²) in [5.41, 5.74) is 8.24. The van der Waals surface area contributed by atoms with Crippen molar-refractivity contribution in [3.8, 4) is 0 Å². The molecule has 17 heavy (non-hydrogen) atoms. The summed E-state index contributed by atoms with van der Waals surface area (Å²) in [4.78, 5) is 2.58. The van der Waals surface area contributed by atoms with Crippen LogP contribution in [0.15, 0.2) is 0 Å². The molecule has 0 amide bonds. The number of piperidine rings is 1. The molecule has 1 saturated heterocycles. The molecule has 2 N–H and O–H groups in total. The van der Waals surface area contributed by atoms with E-state index >= 15 is 0 Å². The minimum atomic E-state index is 0.710. The number of aromatic nitrogens is 2. The lowest BCUT2D eigenvalue weighted by Gasteiger charge is -2.30. The summed E-state index contributed by atoms with van der Waals surface area (Å²) in [6, 6.07) is 0.756. The Kier molecular flexibility index (Phi) is 2.62. The van der Waals surface area contributed by atoms with Crippen molar-refractivity contribution in [2.75, 3.05) is 18.0 Å². The average Bonchev–Trinajstić information content (AvgIpc) is 2.95. The van der Waals surface area contributed by atoms with Crippen LogP contribution in [0.3, 0.4) is 0 Å². The monoisotopic (exact) mass is 234 g/mol. The third kappa shape index (κ3) is 1.66. The fourth-order valence-electron chi connectivity index (χ4n) is 3.67. The zero-order valence-electron chi connectivity index (χ0n) is 10.8. The number of hydrogen-bond donors (Lipinski definition) is 1. The summed E-state index contributed by atoms with van der Waals surface area (Å²) >= 11 is 0. The van der Waals surface area contributed by atoms with E-state index in [9.17, 15) is 0 Å². The number of nitrogens with two attached hydrogens (primary N) is 1. The number of rotatable bonds is 3. The zero-order valence-corrected chi connectivity index (χ0v) is 10.8. The Bertz CT molecular complexity index is 423. The molecule has 1 aliphatic carbocycles. The van der Waals surface area contributed by atoms with Gasteiger partial charge in [-0.1, -0.05) is 0 Å². The van der Waals surface area contributed by atoms with Crippen LogP contribution in [0.25, 0.3) is 0 Å². The molecule has 2 heterocycles. The molecule has 1 aromatic rings. The van der Waals surface area contributed by atoms with Crippen LogP contribution in [0.4, 0.5) is 5.82 Å². The second-order valence-electron chi connectivity index (χ2n) is 5.54. The maximum absolute atomic E-state index is 5.73. The van der Waals surface area contributed by atoms with Crippen molar-refractivity contribution in [3.05, 3.63) is 11.3 Å². The van der Waals surface area contributed by atoms with Gasteiger partial charge in [-0.3, -0.25) is 4.68 Å². The Labute approximate surface area is 103 Å². The Morgan fingerprint density at radius 2 is 2.24 bits per heavy atom. The highest BCUT2D eigenvalue weighted by Crippen LogP contribution is 2.41. The van der Waals surface area contributed by atoms with Crippen molar-refractivity contribution < 1.29 is 0 Å². The third-order valence-corrected chi connectivity index (χ3v) is 4.39. The topological polar surface area (TPSA) is 47.1 Å². The molecule has 4 heteroatoms. The molecule has 1 aliphatic heterocycles. The molecule has 2 aliphatic rings. The molecule has 94 valence electrons. The van der Waals surface area contributed by atoms with Crippen LogP contribution < -0.4 is 10.6 Å². The van der Waals surface area contributed by atoms with E-state index in [1.54, 1.807) is 0 Å². The molecule has 4 nitrogen and oxygen atoms in total. The molecule has 0 spiro atoms. The van der Waals surface area contributed by atoms with Gasteiger partial charge in [-0.25, -0.2) is 0 Å². The Morgan fingerprint density at radius 1 is 1.41 bits per heavy atom. The molecule has 2 bridgehead atoms. The first-order chi connectivity index (χ1) is 8.20. The number of nitrogens with zero attached hydrogens (tertiary/aromatic N) is 3. The largest absolute Gasteiger partial charge is 0.353 e. The summed E-state index contributed by atoms with van der Waals surface area (Å²) in [5, 5.41) is 4.58. The normalized spacial score (nSPS) is 27.1. The van der Waals surface area contributed by atoms with Gasteiger partial charge in [0.25, 0.3) is 0 Å². The van der Waals surface area contributed by atoms with Crippen LogP contribution in [0.2, 0.25) is 0 Å². The van der Waals surface area contributed by atoms with Gasteiger partial charge in [0.15, 0.2) is 0 Å². The van der Waals surface area contributed by atoms with E-state index in [1.807, 2.05) is 0 Å². The SMILES string of the molecule is Cc1nn(C)c(N2CC3CCC2C3)c1CCN. The van der Waals surface area contributed by atoms with Gasteiger partial charge in [-0.2, -0.15) is 5.10 Å². The predicted octanol–water partition coefficient (Wildman–Crippen LogP) is 1.22. The van der Waals surface area contributed by atoms with Crippen LogP contribution in [-0.2, 0) is 13.5 Å². The second-order valence-corrected chi connectivity index (χ2v) is 5.54. The van der Waals surface area contributed by atoms with Crippen molar-refractivity contribution in [2.24, 2.45) is 18.7 Å². The van der Waals surface area contributed by atoms with Gasteiger partial charge in [0.1, 0.15) is 5.82 Å². The molecular formula is C13H22N4. The number of hydrogen-bond acceptors (Lipinski definition) is 3. The van der Waals surface area contributed by atoms with Crippen molar-refractivity contribution in [1.29, 1.82) is 0 Å². The molecule has 2 fully saturated rings. The summed E-state index contributed by atoms with van der Waals surface area (Å²) in [6.45, 7) is 4.03. The van der Waals surface area contributed by atoms with Crippen LogP contribution in [0, 0.1) is 12.8 Å². The van der Waals surface area contributed by atoms with Gasteiger partial charge < -0.3 is 10.6 Å². The highest BCUT2D eigenvalue weighted by Gasteiger charge is 2.39. The highest BCUT2D eigenvalue weighted by atomic mass is 15.4. The van der Waals surface area contributed by atoms with Crippen molar-refractivity contribution in [3.63, 3.8) is 0 Å². The lowest BCUT2D eigenvalue weighted by molar-refractivity contribution is 0.540. The fourth-order valence-corrected chi connectivity index (χ4v) is 3.67. The van der Waals surface area contributed by atoms with Gasteiger partial charge in [0.05, 0.1) is 5.69 Å². The summed E-state index contributed by atoms with van der Waals surface area (Å²) < 4.78 is 2.06. The molecule has 2 unspecified atom stereocenters. The zero-order chi connectivity index (χ0) is 12.0. The quantitative estimate of drug-likeness (QED) is 0.855. The minimum absolute atomic E-state index is 0.710. The summed E-state index contributed by atoms with van der Waals surface area (Å²) in [7, 11) is 2.06. The molecular weight excluding hydrogens is 212 g/mol. The Hall–Kier alpha value is -1.03.